The van der Waals surface area contributed by atoms with Crippen molar-refractivity contribution in [2.45, 2.75) is 12.8 Å². The normalized spacial score (nSPS) is 11.0. The SMILES string of the molecule is COC(=O)/C(F)=C\CCC(=O)O. The van der Waals surface area contributed by atoms with Gasteiger partial charge >= 0.3 is 11.9 Å². The number of halogens is 1. The molecule has 0 spiro atoms. The van der Waals surface area contributed by atoms with Crippen LogP contribution < -0.4 is 0 Å². The van der Waals surface area contributed by atoms with Crippen LogP contribution in [0.2, 0.25) is 0 Å². The molecule has 0 aliphatic rings. The third-order valence-electron chi connectivity index (χ3n) is 1.06. The summed E-state index contributed by atoms with van der Waals surface area (Å²) in [6, 6.07) is 0. The number of carboxylic acids is 1. The first-order valence-corrected chi connectivity index (χ1v) is 3.23. The van der Waals surface area contributed by atoms with E-state index in [0.29, 0.717) is 0 Å². The van der Waals surface area contributed by atoms with Crippen LogP contribution in [0.3, 0.4) is 0 Å². The Morgan fingerprint density at radius 1 is 1.58 bits per heavy atom. The van der Waals surface area contributed by atoms with Gasteiger partial charge in [-0.2, -0.15) is 4.39 Å². The summed E-state index contributed by atoms with van der Waals surface area (Å²) in [5.74, 6) is -3.18. The molecule has 0 atom stereocenters. The van der Waals surface area contributed by atoms with Crippen molar-refractivity contribution in [2.75, 3.05) is 7.11 Å². The first kappa shape index (κ1) is 10.6. The van der Waals surface area contributed by atoms with Crippen LogP contribution in [-0.2, 0) is 14.3 Å². The second-order valence-electron chi connectivity index (χ2n) is 1.98. The second kappa shape index (κ2) is 5.29. The van der Waals surface area contributed by atoms with Crippen LogP contribution in [0.25, 0.3) is 0 Å². The molecule has 0 aliphatic heterocycles. The van der Waals surface area contributed by atoms with Gasteiger partial charge in [0, 0.05) is 6.42 Å². The fourth-order valence-corrected chi connectivity index (χ4v) is 0.503. The Morgan fingerprint density at radius 2 is 2.17 bits per heavy atom. The van der Waals surface area contributed by atoms with Crippen LogP contribution >= 0.6 is 0 Å². The lowest BCUT2D eigenvalue weighted by molar-refractivity contribution is -0.138. The molecular formula is C7H9FO4. The molecule has 4 nitrogen and oxygen atoms in total. The number of hydrogen-bond acceptors (Lipinski definition) is 3. The summed E-state index contributed by atoms with van der Waals surface area (Å²) in [6.07, 6.45) is 0.667. The van der Waals surface area contributed by atoms with Gasteiger partial charge in [0.15, 0.2) is 0 Å². The molecule has 0 rings (SSSR count). The predicted molar refractivity (Wildman–Crippen MR) is 38.1 cm³/mol. The standard InChI is InChI=1S/C7H9FO4/c1-12-7(11)5(8)3-2-4-6(9)10/h3H,2,4H2,1H3,(H,9,10)/b5-3+. The van der Waals surface area contributed by atoms with Gasteiger partial charge in [-0.15, -0.1) is 0 Å². The van der Waals surface area contributed by atoms with Crippen LogP contribution in [0.4, 0.5) is 4.39 Å². The molecule has 0 fully saturated rings. The van der Waals surface area contributed by atoms with Gasteiger partial charge in [-0.05, 0) is 12.5 Å². The molecule has 1 N–H and O–H groups in total. The lowest BCUT2D eigenvalue weighted by Crippen LogP contribution is -2.00. The summed E-state index contributed by atoms with van der Waals surface area (Å²) in [4.78, 5) is 20.3. The third-order valence-corrected chi connectivity index (χ3v) is 1.06. The maximum absolute atomic E-state index is 12.4. The van der Waals surface area contributed by atoms with Crippen LogP contribution in [0.5, 0.6) is 0 Å². The van der Waals surface area contributed by atoms with E-state index in [0.717, 1.165) is 13.2 Å². The topological polar surface area (TPSA) is 63.6 Å². The zero-order chi connectivity index (χ0) is 9.56. The Labute approximate surface area is 68.6 Å². The number of allylic oxidation sites excluding steroid dienone is 1. The Bertz CT molecular complexity index is 209. The summed E-state index contributed by atoms with van der Waals surface area (Å²) in [6.45, 7) is 0. The van der Waals surface area contributed by atoms with E-state index in [4.69, 9.17) is 5.11 Å². The third kappa shape index (κ3) is 4.43. The van der Waals surface area contributed by atoms with Crippen LogP contribution in [0.1, 0.15) is 12.8 Å². The zero-order valence-electron chi connectivity index (χ0n) is 6.54. The van der Waals surface area contributed by atoms with Crippen molar-refractivity contribution >= 4 is 11.9 Å². The van der Waals surface area contributed by atoms with Crippen molar-refractivity contribution in [2.24, 2.45) is 0 Å². The molecule has 0 aromatic carbocycles. The molecule has 0 aromatic heterocycles. The van der Waals surface area contributed by atoms with Crippen molar-refractivity contribution in [3.8, 4) is 0 Å². The van der Waals surface area contributed by atoms with Crippen LogP contribution in [0.15, 0.2) is 11.9 Å². The molecule has 0 saturated heterocycles. The Morgan fingerprint density at radius 3 is 2.58 bits per heavy atom. The summed E-state index contributed by atoms with van der Waals surface area (Å²) < 4.78 is 16.5. The Balaban J connectivity index is 3.84. The number of ether oxygens (including phenoxy) is 1. The smallest absolute Gasteiger partial charge is 0.366 e. The van der Waals surface area contributed by atoms with E-state index in [2.05, 4.69) is 4.74 Å². The highest BCUT2D eigenvalue weighted by Crippen LogP contribution is 2.02. The van der Waals surface area contributed by atoms with E-state index in [-0.39, 0.29) is 12.8 Å². The Hall–Kier alpha value is -1.39. The number of carboxylic acid groups (broad SMARTS) is 1. The molecule has 12 heavy (non-hydrogen) atoms. The maximum atomic E-state index is 12.4. The average Bonchev–Trinajstić information content (AvgIpc) is 2.02. The first-order valence-electron chi connectivity index (χ1n) is 3.23. The van der Waals surface area contributed by atoms with Crippen LogP contribution in [-0.4, -0.2) is 24.2 Å². The highest BCUT2D eigenvalue weighted by Gasteiger charge is 2.07. The quantitative estimate of drug-likeness (QED) is 0.510. The van der Waals surface area contributed by atoms with Gasteiger partial charge in [-0.25, -0.2) is 4.79 Å². The summed E-state index contributed by atoms with van der Waals surface area (Å²) in [5, 5.41) is 8.15. The molecule has 0 aromatic rings. The van der Waals surface area contributed by atoms with Crippen LogP contribution in [0, 0.1) is 0 Å². The number of aliphatic carboxylic acids is 1. The number of rotatable bonds is 4. The molecule has 0 radical (unpaired) electrons. The maximum Gasteiger partial charge on any atom is 0.366 e. The van der Waals surface area contributed by atoms with Crippen molar-refractivity contribution < 1.29 is 23.8 Å². The average molecular weight is 176 g/mol. The molecule has 68 valence electrons. The van der Waals surface area contributed by atoms with Crippen molar-refractivity contribution in [3.63, 3.8) is 0 Å². The molecule has 0 unspecified atom stereocenters. The van der Waals surface area contributed by atoms with Gasteiger partial charge < -0.3 is 9.84 Å². The highest BCUT2D eigenvalue weighted by atomic mass is 19.1. The van der Waals surface area contributed by atoms with Gasteiger partial charge in [-0.1, -0.05) is 0 Å². The molecular weight excluding hydrogens is 167 g/mol. The number of carbonyl (C=O) groups excluding carboxylic acids is 1. The lowest BCUT2D eigenvalue weighted by atomic mass is 10.3. The number of methoxy groups -OCH3 is 1. The summed E-state index contributed by atoms with van der Waals surface area (Å²) in [5.41, 5.74) is 0. The molecule has 0 heterocycles. The minimum absolute atomic E-state index is 0.0176. The number of esters is 1. The van der Waals surface area contributed by atoms with Gasteiger partial charge in [-0.3, -0.25) is 4.79 Å². The molecule has 0 amide bonds. The van der Waals surface area contributed by atoms with Gasteiger partial charge in [0.2, 0.25) is 5.83 Å². The minimum atomic E-state index is -1.08. The fraction of sp³-hybridized carbons (Fsp3) is 0.429. The van der Waals surface area contributed by atoms with E-state index in [1.165, 1.54) is 0 Å². The van der Waals surface area contributed by atoms with Gasteiger partial charge in [0.1, 0.15) is 0 Å². The second-order valence-corrected chi connectivity index (χ2v) is 1.98. The van der Waals surface area contributed by atoms with E-state index in [1.54, 1.807) is 0 Å². The van der Waals surface area contributed by atoms with Crippen molar-refractivity contribution in [1.82, 2.24) is 0 Å². The fourth-order valence-electron chi connectivity index (χ4n) is 0.503. The predicted octanol–water partition coefficient (Wildman–Crippen LogP) is 0.878. The number of carbonyl (C=O) groups is 2. The van der Waals surface area contributed by atoms with Gasteiger partial charge in [0.25, 0.3) is 0 Å². The minimum Gasteiger partial charge on any atom is -0.481 e. The summed E-state index contributed by atoms with van der Waals surface area (Å²) in [7, 11) is 1.05. The van der Waals surface area contributed by atoms with E-state index >= 15 is 0 Å². The van der Waals surface area contributed by atoms with E-state index in [1.807, 2.05) is 0 Å². The van der Waals surface area contributed by atoms with Gasteiger partial charge in [0.05, 0.1) is 7.11 Å². The largest absolute Gasteiger partial charge is 0.481 e. The lowest BCUT2D eigenvalue weighted by Gasteiger charge is -1.93. The molecule has 0 bridgehead atoms. The Kier molecular flexibility index (Phi) is 4.67. The van der Waals surface area contributed by atoms with Crippen molar-refractivity contribution in [3.05, 3.63) is 11.9 Å². The highest BCUT2D eigenvalue weighted by molar-refractivity contribution is 5.85. The van der Waals surface area contributed by atoms with E-state index < -0.39 is 17.8 Å². The molecule has 5 heteroatoms. The van der Waals surface area contributed by atoms with E-state index in [9.17, 15) is 14.0 Å². The molecule has 0 aliphatic carbocycles. The van der Waals surface area contributed by atoms with Crippen molar-refractivity contribution in [1.29, 1.82) is 0 Å². The number of hydrogen-bond donors (Lipinski definition) is 1. The first-order chi connectivity index (χ1) is 5.57. The monoisotopic (exact) mass is 176 g/mol. The zero-order valence-corrected chi connectivity index (χ0v) is 6.54. The molecule has 0 saturated carbocycles. The summed E-state index contributed by atoms with van der Waals surface area (Å²) >= 11 is 0.